The molecule has 0 saturated heterocycles. The lowest BCUT2D eigenvalue weighted by Crippen LogP contribution is -2.20. The Balaban J connectivity index is 2.04. The second-order valence-electron chi connectivity index (χ2n) is 4.93. The normalized spacial score (nSPS) is 10.2. The van der Waals surface area contributed by atoms with Crippen molar-refractivity contribution in [1.82, 2.24) is 0 Å². The van der Waals surface area contributed by atoms with Gasteiger partial charge in [-0.15, -0.1) is 0 Å². The van der Waals surface area contributed by atoms with Gasteiger partial charge in [0.15, 0.2) is 6.61 Å². The average Bonchev–Trinajstić information content (AvgIpc) is 2.56. The smallest absolute Gasteiger partial charge is 0.262 e. The van der Waals surface area contributed by atoms with Crippen LogP contribution in [-0.4, -0.2) is 26.7 Å². The Morgan fingerprint density at radius 1 is 1.17 bits per heavy atom. The van der Waals surface area contributed by atoms with Gasteiger partial charge in [0.05, 0.1) is 24.9 Å². The van der Waals surface area contributed by atoms with Gasteiger partial charge in [0.2, 0.25) is 0 Å². The van der Waals surface area contributed by atoms with E-state index < -0.39 is 0 Å². The molecule has 0 unspecified atom stereocenters. The van der Waals surface area contributed by atoms with E-state index in [0.29, 0.717) is 28.0 Å². The lowest BCUT2D eigenvalue weighted by molar-refractivity contribution is -0.118. The number of methoxy groups -OCH3 is 2. The number of ether oxygens (including phenoxy) is 3. The molecule has 0 bridgehead atoms. The van der Waals surface area contributed by atoms with Crippen molar-refractivity contribution in [3.63, 3.8) is 0 Å². The predicted octanol–water partition coefficient (Wildman–Crippen LogP) is 4.45. The highest BCUT2D eigenvalue weighted by Crippen LogP contribution is 2.35. The molecule has 2 rings (SSSR count). The van der Waals surface area contributed by atoms with Crippen LogP contribution in [0, 0.1) is 6.92 Å². The molecule has 5 nitrogen and oxygen atoms in total. The Labute approximate surface area is 154 Å². The number of carbonyl (C=O) groups excluding carboxylic acids is 1. The first-order chi connectivity index (χ1) is 11.4. The first-order valence-corrected chi connectivity index (χ1v) is 8.22. The summed E-state index contributed by atoms with van der Waals surface area (Å²) in [7, 11) is 3.01. The van der Waals surface area contributed by atoms with Gasteiger partial charge in [-0.2, -0.15) is 0 Å². The van der Waals surface area contributed by atoms with Crippen molar-refractivity contribution in [1.29, 1.82) is 0 Å². The largest absolute Gasteiger partial charge is 0.495 e. The molecule has 1 amide bonds. The van der Waals surface area contributed by atoms with E-state index in [2.05, 4.69) is 21.2 Å². The number of anilines is 1. The van der Waals surface area contributed by atoms with Crippen molar-refractivity contribution in [3.05, 3.63) is 45.4 Å². The van der Waals surface area contributed by atoms with Gasteiger partial charge in [0.1, 0.15) is 17.2 Å². The van der Waals surface area contributed by atoms with Crippen LogP contribution >= 0.6 is 27.5 Å². The Hall–Kier alpha value is -1.92. The van der Waals surface area contributed by atoms with Crippen molar-refractivity contribution in [2.75, 3.05) is 26.1 Å². The third-order valence-electron chi connectivity index (χ3n) is 3.25. The summed E-state index contributed by atoms with van der Waals surface area (Å²) in [6.45, 7) is 1.81. The molecule has 0 aliphatic carbocycles. The zero-order valence-corrected chi connectivity index (χ0v) is 15.8. The summed E-state index contributed by atoms with van der Waals surface area (Å²) in [5.74, 6) is 1.21. The summed E-state index contributed by atoms with van der Waals surface area (Å²) in [5, 5.41) is 3.08. The summed E-state index contributed by atoms with van der Waals surface area (Å²) < 4.78 is 16.8. The van der Waals surface area contributed by atoms with Crippen LogP contribution in [0.5, 0.6) is 17.2 Å². The Bertz CT molecular complexity index is 752. The first-order valence-electron chi connectivity index (χ1n) is 7.05. The Morgan fingerprint density at radius 3 is 2.50 bits per heavy atom. The lowest BCUT2D eigenvalue weighted by Gasteiger charge is -2.13. The van der Waals surface area contributed by atoms with E-state index >= 15 is 0 Å². The Morgan fingerprint density at radius 2 is 1.88 bits per heavy atom. The fraction of sp³-hybridized carbons (Fsp3) is 0.235. The molecule has 0 saturated carbocycles. The molecule has 128 valence electrons. The number of amides is 1. The lowest BCUT2D eigenvalue weighted by atomic mass is 10.2. The maximum absolute atomic E-state index is 12.1. The second kappa shape index (κ2) is 8.26. The van der Waals surface area contributed by atoms with Crippen LogP contribution in [0.4, 0.5) is 5.69 Å². The third-order valence-corrected chi connectivity index (χ3v) is 4.43. The second-order valence-corrected chi connectivity index (χ2v) is 6.20. The fourth-order valence-corrected chi connectivity index (χ4v) is 2.49. The van der Waals surface area contributed by atoms with Crippen molar-refractivity contribution in [2.24, 2.45) is 0 Å². The molecule has 24 heavy (non-hydrogen) atoms. The fourth-order valence-electron chi connectivity index (χ4n) is 2.00. The highest BCUT2D eigenvalue weighted by molar-refractivity contribution is 9.10. The van der Waals surface area contributed by atoms with Crippen molar-refractivity contribution in [3.8, 4) is 17.2 Å². The number of hydrogen-bond donors (Lipinski definition) is 1. The number of nitrogens with one attached hydrogen (secondary N) is 1. The molecule has 2 aromatic carbocycles. The highest BCUT2D eigenvalue weighted by atomic mass is 79.9. The summed E-state index contributed by atoms with van der Waals surface area (Å²) >= 11 is 9.50. The van der Waals surface area contributed by atoms with Gasteiger partial charge >= 0.3 is 0 Å². The number of aryl methyl sites for hydroxylation is 1. The molecular formula is C17H17BrClNO4. The number of benzene rings is 2. The molecule has 0 fully saturated rings. The van der Waals surface area contributed by atoms with Crippen molar-refractivity contribution < 1.29 is 19.0 Å². The molecule has 7 heteroatoms. The van der Waals surface area contributed by atoms with Crippen LogP contribution < -0.4 is 19.5 Å². The summed E-state index contributed by atoms with van der Waals surface area (Å²) in [6.07, 6.45) is 0. The van der Waals surface area contributed by atoms with Crippen molar-refractivity contribution >= 4 is 39.1 Å². The predicted molar refractivity (Wildman–Crippen MR) is 97.6 cm³/mol. The van der Waals surface area contributed by atoms with Gasteiger partial charge < -0.3 is 19.5 Å². The van der Waals surface area contributed by atoms with E-state index in [-0.39, 0.29) is 12.5 Å². The Kier molecular flexibility index (Phi) is 6.34. The SMILES string of the molecule is COc1cc(OC)c(NC(=O)COc2ccc(Br)c(C)c2)cc1Cl. The maximum Gasteiger partial charge on any atom is 0.262 e. The van der Waals surface area contributed by atoms with Gasteiger partial charge in [-0.3, -0.25) is 4.79 Å². The number of carbonyl (C=O) groups is 1. The summed E-state index contributed by atoms with van der Waals surface area (Å²) in [6, 6.07) is 8.68. The molecular weight excluding hydrogens is 398 g/mol. The molecule has 2 aromatic rings. The molecule has 0 radical (unpaired) electrons. The van der Waals surface area contributed by atoms with E-state index in [1.54, 1.807) is 18.2 Å². The zero-order valence-electron chi connectivity index (χ0n) is 13.5. The minimum absolute atomic E-state index is 0.131. The molecule has 0 atom stereocenters. The van der Waals surface area contributed by atoms with Gasteiger partial charge in [-0.25, -0.2) is 0 Å². The molecule has 0 aliphatic rings. The van der Waals surface area contributed by atoms with Crippen LogP contribution in [0.1, 0.15) is 5.56 Å². The minimum Gasteiger partial charge on any atom is -0.495 e. The minimum atomic E-state index is -0.324. The van der Waals surface area contributed by atoms with Crippen LogP contribution in [0.25, 0.3) is 0 Å². The first kappa shape index (κ1) is 18.4. The maximum atomic E-state index is 12.1. The standard InChI is InChI=1S/C17H17BrClNO4/c1-10-6-11(4-5-12(10)18)24-9-17(21)20-14-7-13(19)15(22-2)8-16(14)23-3/h4-8H,9H2,1-3H3,(H,20,21). The van der Waals surface area contributed by atoms with Crippen LogP contribution in [0.15, 0.2) is 34.8 Å². The van der Waals surface area contributed by atoms with Crippen molar-refractivity contribution in [2.45, 2.75) is 6.92 Å². The monoisotopic (exact) mass is 413 g/mol. The zero-order chi connectivity index (χ0) is 17.7. The number of hydrogen-bond acceptors (Lipinski definition) is 4. The average molecular weight is 415 g/mol. The van der Waals surface area contributed by atoms with Crippen LogP contribution in [-0.2, 0) is 4.79 Å². The third kappa shape index (κ3) is 4.55. The van der Waals surface area contributed by atoms with Crippen LogP contribution in [0.2, 0.25) is 5.02 Å². The van der Waals surface area contributed by atoms with E-state index in [1.807, 2.05) is 19.1 Å². The summed E-state index contributed by atoms with van der Waals surface area (Å²) in [4.78, 5) is 12.1. The van der Waals surface area contributed by atoms with Gasteiger partial charge in [0, 0.05) is 10.5 Å². The molecule has 1 N–H and O–H groups in total. The highest BCUT2D eigenvalue weighted by Gasteiger charge is 2.13. The van der Waals surface area contributed by atoms with E-state index in [0.717, 1.165) is 10.0 Å². The van der Waals surface area contributed by atoms with Crippen LogP contribution in [0.3, 0.4) is 0 Å². The van der Waals surface area contributed by atoms with Gasteiger partial charge in [-0.05, 0) is 36.8 Å². The molecule has 0 aliphatic heterocycles. The van der Waals surface area contributed by atoms with Gasteiger partial charge in [0.25, 0.3) is 5.91 Å². The number of halogens is 2. The molecule has 0 aromatic heterocycles. The molecule has 0 spiro atoms. The van der Waals surface area contributed by atoms with E-state index in [1.165, 1.54) is 14.2 Å². The van der Waals surface area contributed by atoms with Gasteiger partial charge in [-0.1, -0.05) is 27.5 Å². The van der Waals surface area contributed by atoms with E-state index in [9.17, 15) is 4.79 Å². The summed E-state index contributed by atoms with van der Waals surface area (Å²) in [5.41, 5.74) is 1.47. The molecule has 0 heterocycles. The number of rotatable bonds is 6. The topological polar surface area (TPSA) is 56.8 Å². The quantitative estimate of drug-likeness (QED) is 0.759. The van der Waals surface area contributed by atoms with E-state index in [4.69, 9.17) is 25.8 Å².